The minimum atomic E-state index is -0.694. The van der Waals surface area contributed by atoms with Crippen LogP contribution in [0.4, 0.5) is 4.39 Å². The van der Waals surface area contributed by atoms with Crippen molar-refractivity contribution >= 4 is 0 Å². The third-order valence-corrected chi connectivity index (χ3v) is 2.61. The Hall–Kier alpha value is -0.930. The van der Waals surface area contributed by atoms with Crippen LogP contribution in [0.25, 0.3) is 0 Å². The predicted octanol–water partition coefficient (Wildman–Crippen LogP) is 2.59. The maximum atomic E-state index is 12.9. The Morgan fingerprint density at radius 1 is 1.47 bits per heavy atom. The van der Waals surface area contributed by atoms with Gasteiger partial charge in [0.05, 0.1) is 6.10 Å². The van der Waals surface area contributed by atoms with Gasteiger partial charge in [0.1, 0.15) is 11.9 Å². The van der Waals surface area contributed by atoms with Crippen LogP contribution in [0.3, 0.4) is 0 Å². The molecule has 2 atom stereocenters. The van der Waals surface area contributed by atoms with E-state index in [0.717, 1.165) is 11.1 Å². The Balaban J connectivity index is 2.94. The van der Waals surface area contributed by atoms with E-state index in [1.54, 1.807) is 20.1 Å². The largest absolute Gasteiger partial charge is 0.386 e. The number of ether oxygens (including phenoxy) is 1. The van der Waals surface area contributed by atoms with Crippen molar-refractivity contribution < 1.29 is 14.2 Å². The molecular formula is C12H17FO2. The van der Waals surface area contributed by atoms with Crippen LogP contribution in [0, 0.1) is 12.7 Å². The Labute approximate surface area is 89.7 Å². The first kappa shape index (κ1) is 12.1. The zero-order valence-electron chi connectivity index (χ0n) is 9.33. The molecule has 0 aliphatic rings. The molecule has 0 aliphatic heterocycles. The van der Waals surface area contributed by atoms with Gasteiger partial charge in [-0.3, -0.25) is 0 Å². The average molecular weight is 212 g/mol. The summed E-state index contributed by atoms with van der Waals surface area (Å²) in [5.41, 5.74) is 1.48. The molecule has 2 nitrogen and oxygen atoms in total. The topological polar surface area (TPSA) is 29.5 Å². The van der Waals surface area contributed by atoms with Crippen molar-refractivity contribution in [3.05, 3.63) is 35.1 Å². The van der Waals surface area contributed by atoms with Gasteiger partial charge in [-0.1, -0.05) is 13.0 Å². The van der Waals surface area contributed by atoms with E-state index < -0.39 is 6.10 Å². The van der Waals surface area contributed by atoms with Crippen LogP contribution in [-0.4, -0.2) is 18.3 Å². The molecule has 0 radical (unpaired) electrons. The first-order valence-electron chi connectivity index (χ1n) is 5.07. The van der Waals surface area contributed by atoms with Gasteiger partial charge in [-0.05, 0) is 36.6 Å². The lowest BCUT2D eigenvalue weighted by atomic mass is 9.98. The van der Waals surface area contributed by atoms with E-state index in [2.05, 4.69) is 0 Å². The Bertz CT molecular complexity index is 321. The molecule has 1 N–H and O–H groups in total. The summed E-state index contributed by atoms with van der Waals surface area (Å²) in [7, 11) is 1.57. The van der Waals surface area contributed by atoms with Gasteiger partial charge in [0.15, 0.2) is 0 Å². The first-order chi connectivity index (χ1) is 7.10. The van der Waals surface area contributed by atoms with E-state index >= 15 is 0 Å². The van der Waals surface area contributed by atoms with Gasteiger partial charge >= 0.3 is 0 Å². The average Bonchev–Trinajstić information content (AvgIpc) is 2.19. The van der Waals surface area contributed by atoms with Gasteiger partial charge in [-0.15, -0.1) is 0 Å². The number of rotatable bonds is 4. The molecule has 0 aliphatic carbocycles. The number of methoxy groups -OCH3 is 1. The molecule has 0 saturated carbocycles. The molecule has 0 fully saturated rings. The van der Waals surface area contributed by atoms with Gasteiger partial charge in [0.2, 0.25) is 0 Å². The van der Waals surface area contributed by atoms with Crippen molar-refractivity contribution in [2.45, 2.75) is 32.5 Å². The molecule has 15 heavy (non-hydrogen) atoms. The van der Waals surface area contributed by atoms with Crippen molar-refractivity contribution in [3.8, 4) is 0 Å². The van der Waals surface area contributed by atoms with Crippen molar-refractivity contribution in [3.63, 3.8) is 0 Å². The predicted molar refractivity (Wildman–Crippen MR) is 57.2 cm³/mol. The van der Waals surface area contributed by atoms with Crippen LogP contribution in [0.15, 0.2) is 18.2 Å². The van der Waals surface area contributed by atoms with Gasteiger partial charge in [-0.25, -0.2) is 4.39 Å². The lowest BCUT2D eigenvalue weighted by molar-refractivity contribution is -0.0151. The second-order valence-electron chi connectivity index (χ2n) is 3.63. The zero-order chi connectivity index (χ0) is 11.4. The number of hydrogen-bond acceptors (Lipinski definition) is 2. The number of aliphatic hydroxyl groups is 1. The van der Waals surface area contributed by atoms with Crippen molar-refractivity contribution in [2.75, 3.05) is 7.11 Å². The molecule has 0 saturated heterocycles. The fraction of sp³-hybridized carbons (Fsp3) is 0.500. The van der Waals surface area contributed by atoms with Gasteiger partial charge in [0, 0.05) is 7.11 Å². The summed E-state index contributed by atoms with van der Waals surface area (Å²) in [6.07, 6.45) is -0.219. The molecule has 84 valence electrons. The normalized spacial score (nSPS) is 15.0. The lowest BCUT2D eigenvalue weighted by Gasteiger charge is -2.21. The maximum Gasteiger partial charge on any atom is 0.123 e. The number of aryl methyl sites for hydroxylation is 1. The third kappa shape index (κ3) is 2.76. The third-order valence-electron chi connectivity index (χ3n) is 2.61. The second-order valence-corrected chi connectivity index (χ2v) is 3.63. The lowest BCUT2D eigenvalue weighted by Crippen LogP contribution is -2.20. The van der Waals surface area contributed by atoms with Crippen LogP contribution < -0.4 is 0 Å². The fourth-order valence-electron chi connectivity index (χ4n) is 1.69. The summed E-state index contributed by atoms with van der Waals surface area (Å²) >= 11 is 0. The van der Waals surface area contributed by atoms with Crippen molar-refractivity contribution in [1.82, 2.24) is 0 Å². The highest BCUT2D eigenvalue weighted by molar-refractivity contribution is 5.29. The molecule has 0 spiro atoms. The van der Waals surface area contributed by atoms with E-state index in [4.69, 9.17) is 4.74 Å². The van der Waals surface area contributed by atoms with Crippen molar-refractivity contribution in [2.24, 2.45) is 0 Å². The van der Waals surface area contributed by atoms with Crippen LogP contribution in [0.5, 0.6) is 0 Å². The molecule has 0 aromatic heterocycles. The van der Waals surface area contributed by atoms with Gasteiger partial charge < -0.3 is 9.84 Å². The summed E-state index contributed by atoms with van der Waals surface area (Å²) < 4.78 is 18.0. The van der Waals surface area contributed by atoms with E-state index in [-0.39, 0.29) is 11.9 Å². The SMILES string of the molecule is CCC(OC)C(O)c1ccc(F)cc1C. The number of aliphatic hydroxyl groups excluding tert-OH is 1. The molecule has 0 heterocycles. The summed E-state index contributed by atoms with van der Waals surface area (Å²) in [5, 5.41) is 10.0. The summed E-state index contributed by atoms with van der Waals surface area (Å²) in [6, 6.07) is 4.38. The highest BCUT2D eigenvalue weighted by Gasteiger charge is 2.20. The summed E-state index contributed by atoms with van der Waals surface area (Å²) in [4.78, 5) is 0. The van der Waals surface area contributed by atoms with E-state index in [1.165, 1.54) is 12.1 Å². The molecule has 2 unspecified atom stereocenters. The van der Waals surface area contributed by atoms with E-state index in [1.807, 2.05) is 6.92 Å². The highest BCUT2D eigenvalue weighted by atomic mass is 19.1. The first-order valence-corrected chi connectivity index (χ1v) is 5.07. The van der Waals surface area contributed by atoms with Crippen LogP contribution >= 0.6 is 0 Å². The minimum absolute atomic E-state index is 0.242. The van der Waals surface area contributed by atoms with Crippen LogP contribution in [0.1, 0.15) is 30.6 Å². The quantitative estimate of drug-likeness (QED) is 0.831. The second kappa shape index (κ2) is 5.24. The molecule has 0 bridgehead atoms. The minimum Gasteiger partial charge on any atom is -0.386 e. The van der Waals surface area contributed by atoms with Crippen molar-refractivity contribution in [1.29, 1.82) is 0 Å². The molecular weight excluding hydrogens is 195 g/mol. The molecule has 3 heteroatoms. The number of halogens is 1. The maximum absolute atomic E-state index is 12.9. The Morgan fingerprint density at radius 3 is 2.60 bits per heavy atom. The van der Waals surface area contributed by atoms with Gasteiger partial charge in [0.25, 0.3) is 0 Å². The molecule has 1 aromatic rings. The standard InChI is InChI=1S/C12H17FO2/c1-4-11(15-3)12(14)10-6-5-9(13)7-8(10)2/h5-7,11-12,14H,4H2,1-3H3. The zero-order valence-corrected chi connectivity index (χ0v) is 9.33. The van der Waals surface area contributed by atoms with E-state index in [9.17, 15) is 9.50 Å². The molecule has 1 rings (SSSR count). The van der Waals surface area contributed by atoms with Crippen LogP contribution in [0.2, 0.25) is 0 Å². The number of benzene rings is 1. The summed E-state index contributed by atoms with van der Waals surface area (Å²) in [5.74, 6) is -0.283. The Kier molecular flexibility index (Phi) is 4.24. The smallest absolute Gasteiger partial charge is 0.123 e. The summed E-state index contributed by atoms with van der Waals surface area (Å²) in [6.45, 7) is 3.72. The van der Waals surface area contributed by atoms with Gasteiger partial charge in [-0.2, -0.15) is 0 Å². The monoisotopic (exact) mass is 212 g/mol. The van der Waals surface area contributed by atoms with E-state index in [0.29, 0.717) is 6.42 Å². The fourth-order valence-corrected chi connectivity index (χ4v) is 1.69. The number of hydrogen-bond donors (Lipinski definition) is 1. The Morgan fingerprint density at radius 2 is 2.13 bits per heavy atom. The molecule has 1 aromatic carbocycles. The van der Waals surface area contributed by atoms with Crippen LogP contribution in [-0.2, 0) is 4.74 Å². The highest BCUT2D eigenvalue weighted by Crippen LogP contribution is 2.24. The molecule has 0 amide bonds.